The number of carbonyl (C=O) groups is 1. The van der Waals surface area contributed by atoms with Crippen LogP contribution in [-0.4, -0.2) is 44.8 Å². The van der Waals surface area contributed by atoms with Gasteiger partial charge < -0.3 is 20.1 Å². The van der Waals surface area contributed by atoms with Crippen molar-refractivity contribution in [3.63, 3.8) is 0 Å². The number of nitrogens with one attached hydrogen (secondary N) is 2. The van der Waals surface area contributed by atoms with Gasteiger partial charge >= 0.3 is 6.03 Å². The number of hydrogen-bond donors (Lipinski definition) is 2. The lowest BCUT2D eigenvalue weighted by Crippen LogP contribution is -2.39. The molecule has 0 aliphatic carbocycles. The smallest absolute Gasteiger partial charge is 0.319 e. The van der Waals surface area contributed by atoms with Crippen LogP contribution >= 0.6 is 11.3 Å². The molecular formula is C20H27N3O3S. The quantitative estimate of drug-likeness (QED) is 0.756. The number of likely N-dealkylation sites (tertiary alicyclic amines) is 1. The van der Waals surface area contributed by atoms with E-state index in [9.17, 15) is 4.79 Å². The number of rotatable bonds is 7. The summed E-state index contributed by atoms with van der Waals surface area (Å²) in [5.74, 6) is 1.63. The van der Waals surface area contributed by atoms with Gasteiger partial charge in [-0.2, -0.15) is 11.3 Å². The van der Waals surface area contributed by atoms with Gasteiger partial charge in [-0.1, -0.05) is 6.07 Å². The highest BCUT2D eigenvalue weighted by Gasteiger charge is 2.20. The molecular weight excluding hydrogens is 362 g/mol. The minimum atomic E-state index is -0.220. The van der Waals surface area contributed by atoms with Gasteiger partial charge in [-0.05, 0) is 66.4 Å². The van der Waals surface area contributed by atoms with Gasteiger partial charge in [0.1, 0.15) is 0 Å². The van der Waals surface area contributed by atoms with Crippen molar-refractivity contribution in [3.05, 3.63) is 40.6 Å². The number of ether oxygens (including phenoxy) is 2. The van der Waals surface area contributed by atoms with E-state index >= 15 is 0 Å². The Bertz CT molecular complexity index is 728. The van der Waals surface area contributed by atoms with Crippen molar-refractivity contribution in [2.45, 2.75) is 19.4 Å². The Morgan fingerprint density at radius 1 is 1.22 bits per heavy atom. The van der Waals surface area contributed by atoms with E-state index in [0.717, 1.165) is 32.5 Å². The SMILES string of the molecule is COc1cccc(NC(=O)NCC2CCN(Cc3ccsc3)CC2)c1OC. The topological polar surface area (TPSA) is 62.8 Å². The van der Waals surface area contributed by atoms with E-state index in [1.165, 1.54) is 5.56 Å². The van der Waals surface area contributed by atoms with Crippen molar-refractivity contribution >= 4 is 23.1 Å². The fourth-order valence-corrected chi connectivity index (χ4v) is 4.04. The molecule has 2 N–H and O–H groups in total. The standard InChI is InChI=1S/C20H27N3O3S/c1-25-18-5-3-4-17(19(18)26-2)22-20(24)21-12-15-6-9-23(10-7-15)13-16-8-11-27-14-16/h3-5,8,11,14-15H,6-7,9-10,12-13H2,1-2H3,(H2,21,22,24). The van der Waals surface area contributed by atoms with Crippen LogP contribution in [0.2, 0.25) is 0 Å². The summed E-state index contributed by atoms with van der Waals surface area (Å²) >= 11 is 1.75. The predicted octanol–water partition coefficient (Wildman–Crippen LogP) is 3.80. The molecule has 1 fully saturated rings. The minimum absolute atomic E-state index is 0.220. The van der Waals surface area contributed by atoms with Crippen LogP contribution in [0.5, 0.6) is 11.5 Å². The van der Waals surface area contributed by atoms with E-state index in [1.54, 1.807) is 37.7 Å². The van der Waals surface area contributed by atoms with Gasteiger partial charge in [0.2, 0.25) is 0 Å². The number of amides is 2. The van der Waals surface area contributed by atoms with Crippen molar-refractivity contribution in [1.29, 1.82) is 0 Å². The van der Waals surface area contributed by atoms with Crippen LogP contribution in [0.15, 0.2) is 35.0 Å². The molecule has 0 spiro atoms. The lowest BCUT2D eigenvalue weighted by molar-refractivity contribution is 0.176. The number of carbonyl (C=O) groups excluding carboxylic acids is 1. The van der Waals surface area contributed by atoms with Crippen molar-refractivity contribution in [2.75, 3.05) is 39.2 Å². The molecule has 0 radical (unpaired) electrons. The number of hydrogen-bond acceptors (Lipinski definition) is 5. The summed E-state index contributed by atoms with van der Waals surface area (Å²) in [5, 5.41) is 10.2. The number of piperidine rings is 1. The number of nitrogens with zero attached hydrogens (tertiary/aromatic N) is 1. The molecule has 146 valence electrons. The van der Waals surface area contributed by atoms with Gasteiger partial charge in [-0.3, -0.25) is 4.90 Å². The van der Waals surface area contributed by atoms with E-state index in [1.807, 2.05) is 6.07 Å². The number of anilines is 1. The van der Waals surface area contributed by atoms with Crippen LogP contribution in [0, 0.1) is 5.92 Å². The normalized spacial score (nSPS) is 15.3. The van der Waals surface area contributed by atoms with E-state index in [2.05, 4.69) is 32.4 Å². The van der Waals surface area contributed by atoms with Gasteiger partial charge in [0.25, 0.3) is 0 Å². The molecule has 6 nitrogen and oxygen atoms in total. The van der Waals surface area contributed by atoms with Crippen LogP contribution in [0.4, 0.5) is 10.5 Å². The molecule has 1 aliphatic rings. The number of methoxy groups -OCH3 is 2. The van der Waals surface area contributed by atoms with Gasteiger partial charge in [-0.15, -0.1) is 0 Å². The summed E-state index contributed by atoms with van der Waals surface area (Å²) in [4.78, 5) is 14.8. The summed E-state index contributed by atoms with van der Waals surface area (Å²) in [6.07, 6.45) is 2.21. The highest BCUT2D eigenvalue weighted by atomic mass is 32.1. The molecule has 2 amide bonds. The molecule has 1 saturated heterocycles. The fourth-order valence-electron chi connectivity index (χ4n) is 3.38. The fraction of sp³-hybridized carbons (Fsp3) is 0.450. The zero-order valence-corrected chi connectivity index (χ0v) is 16.7. The number of benzene rings is 1. The molecule has 1 aliphatic heterocycles. The molecule has 3 rings (SSSR count). The molecule has 0 bridgehead atoms. The second kappa shape index (κ2) is 9.62. The zero-order chi connectivity index (χ0) is 19.1. The molecule has 2 heterocycles. The molecule has 1 aromatic heterocycles. The summed E-state index contributed by atoms with van der Waals surface area (Å²) in [7, 11) is 3.14. The van der Waals surface area contributed by atoms with Gasteiger partial charge in [0, 0.05) is 13.1 Å². The van der Waals surface area contributed by atoms with E-state index in [0.29, 0.717) is 29.6 Å². The Kier molecular flexibility index (Phi) is 6.95. The first kappa shape index (κ1) is 19.5. The maximum absolute atomic E-state index is 12.3. The third-order valence-electron chi connectivity index (χ3n) is 4.90. The van der Waals surface area contributed by atoms with Crippen molar-refractivity contribution in [2.24, 2.45) is 5.92 Å². The second-order valence-electron chi connectivity index (χ2n) is 6.73. The van der Waals surface area contributed by atoms with Crippen molar-refractivity contribution in [3.8, 4) is 11.5 Å². The van der Waals surface area contributed by atoms with Crippen LogP contribution in [0.3, 0.4) is 0 Å². The van der Waals surface area contributed by atoms with Gasteiger partial charge in [0.05, 0.1) is 19.9 Å². The summed E-state index contributed by atoms with van der Waals surface area (Å²) in [5.41, 5.74) is 1.99. The number of urea groups is 1. The van der Waals surface area contributed by atoms with Crippen molar-refractivity contribution < 1.29 is 14.3 Å². The number of para-hydroxylation sites is 1. The Morgan fingerprint density at radius 2 is 2.04 bits per heavy atom. The number of thiophene rings is 1. The van der Waals surface area contributed by atoms with Crippen LogP contribution in [-0.2, 0) is 6.54 Å². The van der Waals surface area contributed by atoms with E-state index in [4.69, 9.17) is 9.47 Å². The van der Waals surface area contributed by atoms with E-state index in [-0.39, 0.29) is 6.03 Å². The highest BCUT2D eigenvalue weighted by Crippen LogP contribution is 2.34. The molecule has 7 heteroatoms. The minimum Gasteiger partial charge on any atom is -0.493 e. The largest absolute Gasteiger partial charge is 0.493 e. The maximum atomic E-state index is 12.3. The lowest BCUT2D eigenvalue weighted by Gasteiger charge is -2.31. The average molecular weight is 390 g/mol. The molecule has 0 unspecified atom stereocenters. The maximum Gasteiger partial charge on any atom is 0.319 e. The molecule has 1 aromatic carbocycles. The molecule has 2 aromatic rings. The first-order valence-electron chi connectivity index (χ1n) is 9.19. The second-order valence-corrected chi connectivity index (χ2v) is 7.51. The molecule has 0 saturated carbocycles. The highest BCUT2D eigenvalue weighted by molar-refractivity contribution is 7.07. The van der Waals surface area contributed by atoms with Gasteiger partial charge in [0.15, 0.2) is 11.5 Å². The van der Waals surface area contributed by atoms with Crippen molar-refractivity contribution in [1.82, 2.24) is 10.2 Å². The van der Waals surface area contributed by atoms with Crippen LogP contribution < -0.4 is 20.1 Å². The summed E-state index contributed by atoms with van der Waals surface area (Å²) < 4.78 is 10.6. The van der Waals surface area contributed by atoms with Gasteiger partial charge in [-0.25, -0.2) is 4.79 Å². The monoisotopic (exact) mass is 389 g/mol. The average Bonchev–Trinajstić information content (AvgIpc) is 3.20. The third kappa shape index (κ3) is 5.37. The van der Waals surface area contributed by atoms with Crippen LogP contribution in [0.25, 0.3) is 0 Å². The van der Waals surface area contributed by atoms with E-state index < -0.39 is 0 Å². The first-order valence-corrected chi connectivity index (χ1v) is 10.1. The predicted molar refractivity (Wildman–Crippen MR) is 109 cm³/mol. The first-order chi connectivity index (χ1) is 13.2. The zero-order valence-electron chi connectivity index (χ0n) is 15.9. The Morgan fingerprint density at radius 3 is 2.70 bits per heavy atom. The Hall–Kier alpha value is -2.25. The van der Waals surface area contributed by atoms with Crippen LogP contribution in [0.1, 0.15) is 18.4 Å². The Balaban J connectivity index is 1.42. The molecule has 0 atom stereocenters. The molecule has 27 heavy (non-hydrogen) atoms. The lowest BCUT2D eigenvalue weighted by atomic mass is 9.96. The summed E-state index contributed by atoms with van der Waals surface area (Å²) in [6, 6.07) is 7.38. The Labute approximate surface area is 164 Å². The summed E-state index contributed by atoms with van der Waals surface area (Å²) in [6.45, 7) is 3.87. The third-order valence-corrected chi connectivity index (χ3v) is 5.63.